The molecule has 4 amide bonds. The van der Waals surface area contributed by atoms with E-state index in [9.17, 15) is 19.2 Å². The Bertz CT molecular complexity index is 2450. The Labute approximate surface area is 360 Å². The molecule has 4 aromatic carbocycles. The number of amides is 4. The molecular weight excluding hydrogens is 785 g/mol. The number of H-pyrrole nitrogens is 2. The molecule has 62 heavy (non-hydrogen) atoms. The van der Waals surface area contributed by atoms with E-state index in [2.05, 4.69) is 93.4 Å². The first-order valence-electron chi connectivity index (χ1n) is 21.4. The summed E-state index contributed by atoms with van der Waals surface area (Å²) in [5, 5.41) is 9.74. The van der Waals surface area contributed by atoms with Crippen molar-refractivity contribution >= 4 is 45.5 Å². The van der Waals surface area contributed by atoms with Gasteiger partial charge in [0.15, 0.2) is 0 Å². The first kappa shape index (κ1) is 42.0. The van der Waals surface area contributed by atoms with E-state index in [4.69, 9.17) is 19.4 Å². The number of alkyl carbamates (subject to hydrolysis) is 2. The highest BCUT2D eigenvalue weighted by Gasteiger charge is 2.39. The number of methoxy groups -OCH3 is 2. The molecule has 2 fully saturated rings. The molecule has 0 spiro atoms. The van der Waals surface area contributed by atoms with Gasteiger partial charge in [-0.05, 0) is 70.2 Å². The minimum absolute atomic E-state index is 0.124. The minimum atomic E-state index is -0.710. The predicted octanol–water partition coefficient (Wildman–Crippen LogP) is 8.53. The quantitative estimate of drug-likeness (QED) is 0.100. The average Bonchev–Trinajstić information content (AvgIpc) is 4.13. The Morgan fingerprint density at radius 2 is 0.935 bits per heavy atom. The van der Waals surface area contributed by atoms with Crippen LogP contribution in [0, 0.1) is 11.8 Å². The maximum Gasteiger partial charge on any atom is 0.407 e. The van der Waals surface area contributed by atoms with E-state index in [0.717, 1.165) is 80.9 Å². The van der Waals surface area contributed by atoms with Gasteiger partial charge >= 0.3 is 12.2 Å². The van der Waals surface area contributed by atoms with Crippen LogP contribution in [0.1, 0.15) is 77.1 Å². The minimum Gasteiger partial charge on any atom is -0.453 e. The molecule has 4 atom stereocenters. The molecule has 0 saturated carbocycles. The van der Waals surface area contributed by atoms with E-state index in [1.807, 2.05) is 49.9 Å². The third-order valence-electron chi connectivity index (χ3n) is 12.4. The Morgan fingerprint density at radius 1 is 0.581 bits per heavy atom. The maximum absolute atomic E-state index is 13.8. The number of aromatic nitrogens is 4. The van der Waals surface area contributed by atoms with Gasteiger partial charge in [-0.3, -0.25) is 9.59 Å². The van der Waals surface area contributed by atoms with Gasteiger partial charge in [-0.2, -0.15) is 0 Å². The molecule has 2 aliphatic heterocycles. The maximum atomic E-state index is 13.8. The van der Waals surface area contributed by atoms with Crippen molar-refractivity contribution in [2.24, 2.45) is 11.8 Å². The first-order chi connectivity index (χ1) is 30.0. The van der Waals surface area contributed by atoms with Gasteiger partial charge in [-0.1, -0.05) is 100 Å². The molecule has 14 nitrogen and oxygen atoms in total. The highest BCUT2D eigenvalue weighted by atomic mass is 16.5. The van der Waals surface area contributed by atoms with E-state index in [1.54, 1.807) is 0 Å². The number of ether oxygens (including phenoxy) is 2. The number of hydrogen-bond donors (Lipinski definition) is 4. The third kappa shape index (κ3) is 7.96. The Hall–Kier alpha value is -6.70. The predicted molar refractivity (Wildman–Crippen MR) is 238 cm³/mol. The van der Waals surface area contributed by atoms with Crippen molar-refractivity contribution in [3.8, 4) is 33.6 Å². The van der Waals surface area contributed by atoms with Gasteiger partial charge in [0.05, 0.1) is 50.1 Å². The molecule has 2 aliphatic rings. The summed E-state index contributed by atoms with van der Waals surface area (Å²) in [4.78, 5) is 72.2. The van der Waals surface area contributed by atoms with Crippen molar-refractivity contribution < 1.29 is 28.7 Å². The summed E-state index contributed by atoms with van der Waals surface area (Å²) in [5.41, 5.74) is 5.88. The van der Waals surface area contributed by atoms with Gasteiger partial charge in [0.25, 0.3) is 0 Å². The third-order valence-corrected chi connectivity index (χ3v) is 12.4. The van der Waals surface area contributed by atoms with Crippen molar-refractivity contribution in [2.75, 3.05) is 27.3 Å². The summed E-state index contributed by atoms with van der Waals surface area (Å²) in [5.74, 6) is 0.884. The van der Waals surface area contributed by atoms with Crippen LogP contribution in [0.15, 0.2) is 85.2 Å². The van der Waals surface area contributed by atoms with Crippen LogP contribution in [0.25, 0.3) is 55.2 Å². The second-order valence-corrected chi connectivity index (χ2v) is 16.9. The number of likely N-dealkylation sites (tertiary alicyclic amines) is 2. The van der Waals surface area contributed by atoms with Crippen molar-refractivity contribution in [1.29, 1.82) is 0 Å². The number of imidazole rings is 2. The average molecular weight is 839 g/mol. The van der Waals surface area contributed by atoms with Crippen LogP contribution >= 0.6 is 0 Å². The molecular formula is C48H54N8O6. The van der Waals surface area contributed by atoms with Gasteiger partial charge in [0, 0.05) is 24.2 Å². The van der Waals surface area contributed by atoms with Gasteiger partial charge in [0.2, 0.25) is 11.8 Å². The van der Waals surface area contributed by atoms with Crippen molar-refractivity contribution in [2.45, 2.75) is 77.5 Å². The van der Waals surface area contributed by atoms with Crippen LogP contribution in [-0.4, -0.2) is 93.1 Å². The standard InChI is InChI=1S/C48H54N8O6/c1-27(2)41(53-47(59)61-5)45(57)55-23-11-21-39(55)43-49-25-37(51-43)35-19-9-15-31-29(13-7-17-33(31)35)30-14-8-18-34-32(30)16-10-20-36(34)38-26-50-44(52-38)40-22-12-24-56(40)46(58)42(28(3)4)54-48(60)62-6/h7-10,13-20,25-28,39-42H,11-12,21-24H2,1-6H3,(H,49,51)(H,50,52)(H,53,59)(H,54,60)/t39-,40-,41?,42?/m0/s1. The van der Waals surface area contributed by atoms with Crippen LogP contribution in [0.3, 0.4) is 0 Å². The van der Waals surface area contributed by atoms with Gasteiger partial charge in [-0.15, -0.1) is 0 Å². The van der Waals surface area contributed by atoms with Crippen LogP contribution in [0.2, 0.25) is 0 Å². The SMILES string of the molecule is COC(=O)NC(C(=O)N1CCC[C@H]1c1ncc(-c2cccc3c(-c4cccc5c(-c6cnc([C@@H]7CCCN7C(=O)C(NC(=O)OC)C(C)C)[nH]6)cccc45)cccc23)[nH]1)C(C)C. The number of nitrogens with zero attached hydrogens (tertiary/aromatic N) is 4. The molecule has 2 aromatic heterocycles. The van der Waals surface area contributed by atoms with Crippen LogP contribution in [0.4, 0.5) is 9.59 Å². The molecule has 8 rings (SSSR count). The molecule has 0 bridgehead atoms. The summed E-state index contributed by atoms with van der Waals surface area (Å²) >= 11 is 0. The Morgan fingerprint density at radius 3 is 1.29 bits per heavy atom. The number of benzene rings is 4. The van der Waals surface area contributed by atoms with Crippen molar-refractivity contribution in [3.63, 3.8) is 0 Å². The fraction of sp³-hybridized carbons (Fsp3) is 0.375. The van der Waals surface area contributed by atoms with E-state index < -0.39 is 24.3 Å². The van der Waals surface area contributed by atoms with E-state index in [0.29, 0.717) is 24.7 Å². The summed E-state index contributed by atoms with van der Waals surface area (Å²) in [6.45, 7) is 8.78. The van der Waals surface area contributed by atoms with Crippen molar-refractivity contribution in [3.05, 3.63) is 96.8 Å². The smallest absolute Gasteiger partial charge is 0.407 e. The summed E-state index contributed by atoms with van der Waals surface area (Å²) in [6.07, 6.45) is 5.61. The number of rotatable bonds is 11. The normalized spacial score (nSPS) is 17.5. The molecule has 4 heterocycles. The molecule has 4 N–H and O–H groups in total. The summed E-state index contributed by atoms with van der Waals surface area (Å²) in [6, 6.07) is 23.4. The monoisotopic (exact) mass is 838 g/mol. The zero-order chi connectivity index (χ0) is 43.7. The fourth-order valence-corrected chi connectivity index (χ4v) is 9.23. The second-order valence-electron chi connectivity index (χ2n) is 16.9. The van der Waals surface area contributed by atoms with Crippen LogP contribution in [0.5, 0.6) is 0 Å². The number of carbonyl (C=O) groups is 4. The van der Waals surface area contributed by atoms with E-state index in [-0.39, 0.29) is 35.7 Å². The Balaban J connectivity index is 1.08. The zero-order valence-electron chi connectivity index (χ0n) is 36.0. The number of fused-ring (bicyclic) bond motifs is 2. The lowest BCUT2D eigenvalue weighted by Crippen LogP contribution is -2.51. The number of nitrogens with one attached hydrogen (secondary N) is 4. The van der Waals surface area contributed by atoms with Crippen LogP contribution in [-0.2, 0) is 19.1 Å². The molecule has 0 radical (unpaired) electrons. The van der Waals surface area contributed by atoms with Gasteiger partial charge in [-0.25, -0.2) is 19.6 Å². The molecule has 14 heteroatoms. The van der Waals surface area contributed by atoms with Gasteiger partial charge < -0.3 is 39.9 Å². The lowest BCUT2D eigenvalue weighted by Gasteiger charge is -2.30. The topological polar surface area (TPSA) is 175 Å². The zero-order valence-corrected chi connectivity index (χ0v) is 36.0. The Kier molecular flexibility index (Phi) is 12.0. The largest absolute Gasteiger partial charge is 0.453 e. The fourth-order valence-electron chi connectivity index (χ4n) is 9.23. The van der Waals surface area contributed by atoms with Crippen LogP contribution < -0.4 is 10.6 Å². The lowest BCUT2D eigenvalue weighted by molar-refractivity contribution is -0.136. The summed E-state index contributed by atoms with van der Waals surface area (Å²) < 4.78 is 9.61. The first-order valence-corrected chi connectivity index (χ1v) is 21.4. The highest BCUT2D eigenvalue weighted by molar-refractivity contribution is 6.11. The molecule has 2 saturated heterocycles. The van der Waals surface area contributed by atoms with Gasteiger partial charge in [0.1, 0.15) is 23.7 Å². The highest BCUT2D eigenvalue weighted by Crippen LogP contribution is 2.41. The van der Waals surface area contributed by atoms with E-state index in [1.165, 1.54) is 14.2 Å². The molecule has 2 unspecified atom stereocenters. The molecule has 6 aromatic rings. The summed E-state index contributed by atoms with van der Waals surface area (Å²) in [7, 11) is 2.59. The number of carbonyl (C=O) groups excluding carboxylic acids is 4. The molecule has 322 valence electrons. The molecule has 0 aliphatic carbocycles. The second kappa shape index (κ2) is 17.7. The number of hydrogen-bond acceptors (Lipinski definition) is 8. The number of aromatic amines is 2. The van der Waals surface area contributed by atoms with E-state index >= 15 is 0 Å². The van der Waals surface area contributed by atoms with Crippen molar-refractivity contribution in [1.82, 2.24) is 40.4 Å². The lowest BCUT2D eigenvalue weighted by atomic mass is 9.90.